The number of anilines is 1. The van der Waals surface area contributed by atoms with Gasteiger partial charge in [0.15, 0.2) is 11.4 Å². The van der Waals surface area contributed by atoms with Crippen LogP contribution >= 0.6 is 11.8 Å². The van der Waals surface area contributed by atoms with Crippen LogP contribution < -0.4 is 10.2 Å². The largest absolute Gasteiger partial charge is 0.366 e. The molecule has 116 valence electrons. The van der Waals surface area contributed by atoms with Gasteiger partial charge in [-0.05, 0) is 37.7 Å². The molecule has 1 fully saturated rings. The van der Waals surface area contributed by atoms with Gasteiger partial charge in [0.25, 0.3) is 5.69 Å². The molecule has 2 rings (SSSR count). The number of amidine groups is 1. The van der Waals surface area contributed by atoms with E-state index in [4.69, 9.17) is 5.26 Å². The van der Waals surface area contributed by atoms with Gasteiger partial charge in [-0.1, -0.05) is 11.8 Å². The van der Waals surface area contributed by atoms with Crippen LogP contribution in [0.1, 0.15) is 19.3 Å². The van der Waals surface area contributed by atoms with E-state index in [9.17, 15) is 10.1 Å². The predicted molar refractivity (Wildman–Crippen MR) is 88.5 cm³/mol. The molecular weight excluding hydrogens is 302 g/mol. The minimum Gasteiger partial charge on any atom is -0.366 e. The lowest BCUT2D eigenvalue weighted by Crippen LogP contribution is -2.29. The number of nitrogens with zero attached hydrogens (tertiary/aromatic N) is 4. The first kappa shape index (κ1) is 16.1. The molecule has 1 aromatic rings. The topological polar surface area (TPSA) is 94.6 Å². The summed E-state index contributed by atoms with van der Waals surface area (Å²) < 4.78 is 0. The van der Waals surface area contributed by atoms with Gasteiger partial charge in [0.05, 0.1) is 10.6 Å². The van der Waals surface area contributed by atoms with Crippen molar-refractivity contribution in [2.24, 2.45) is 4.99 Å². The van der Waals surface area contributed by atoms with Crippen molar-refractivity contribution in [3.8, 4) is 6.19 Å². The lowest BCUT2D eigenvalue weighted by Gasteiger charge is -2.28. The smallest absolute Gasteiger partial charge is 0.294 e. The summed E-state index contributed by atoms with van der Waals surface area (Å²) in [4.78, 5) is 17.3. The van der Waals surface area contributed by atoms with E-state index in [2.05, 4.69) is 15.2 Å². The highest BCUT2D eigenvalue weighted by Gasteiger charge is 2.21. The fourth-order valence-corrected chi connectivity index (χ4v) is 2.76. The highest BCUT2D eigenvalue weighted by Crippen LogP contribution is 2.34. The molecule has 1 heterocycles. The molecule has 1 aromatic carbocycles. The van der Waals surface area contributed by atoms with Crippen molar-refractivity contribution in [3.05, 3.63) is 28.3 Å². The predicted octanol–water partition coefficient (Wildman–Crippen LogP) is 3.01. The van der Waals surface area contributed by atoms with Crippen molar-refractivity contribution in [2.45, 2.75) is 19.3 Å². The number of nitriles is 1. The fraction of sp³-hybridized carbons (Fsp3) is 0.429. The first-order chi connectivity index (χ1) is 10.7. The van der Waals surface area contributed by atoms with Gasteiger partial charge >= 0.3 is 0 Å². The minimum absolute atomic E-state index is 0.0561. The molecule has 0 amide bonds. The zero-order valence-corrected chi connectivity index (χ0v) is 13.1. The summed E-state index contributed by atoms with van der Waals surface area (Å²) in [5.74, 6) is 0. The van der Waals surface area contributed by atoms with Crippen LogP contribution in [-0.2, 0) is 0 Å². The van der Waals surface area contributed by atoms with Crippen LogP contribution in [0.4, 0.5) is 17.1 Å². The first-order valence-electron chi connectivity index (χ1n) is 6.97. The van der Waals surface area contributed by atoms with Gasteiger partial charge in [-0.15, -0.1) is 0 Å². The molecule has 22 heavy (non-hydrogen) atoms. The van der Waals surface area contributed by atoms with Gasteiger partial charge in [-0.3, -0.25) is 15.4 Å². The van der Waals surface area contributed by atoms with E-state index < -0.39 is 0 Å². The van der Waals surface area contributed by atoms with Gasteiger partial charge in [0.2, 0.25) is 0 Å². The molecule has 1 saturated heterocycles. The van der Waals surface area contributed by atoms with Gasteiger partial charge < -0.3 is 4.90 Å². The summed E-state index contributed by atoms with van der Waals surface area (Å²) in [6.45, 7) is 1.69. The third-order valence-electron chi connectivity index (χ3n) is 3.44. The average Bonchev–Trinajstić information content (AvgIpc) is 2.55. The fourth-order valence-electron chi connectivity index (χ4n) is 2.42. The van der Waals surface area contributed by atoms with Crippen molar-refractivity contribution in [2.75, 3.05) is 24.2 Å². The lowest BCUT2D eigenvalue weighted by atomic mass is 10.1. The van der Waals surface area contributed by atoms with Crippen LogP contribution in [0.15, 0.2) is 23.2 Å². The number of piperidine rings is 1. The Hall–Kier alpha value is -2.27. The summed E-state index contributed by atoms with van der Waals surface area (Å²) >= 11 is 1.27. The molecule has 0 aliphatic carbocycles. The maximum Gasteiger partial charge on any atom is 0.294 e. The highest BCUT2D eigenvalue weighted by molar-refractivity contribution is 8.13. The van der Waals surface area contributed by atoms with E-state index >= 15 is 0 Å². The van der Waals surface area contributed by atoms with Crippen molar-refractivity contribution >= 4 is 34.0 Å². The first-order valence-corrected chi connectivity index (χ1v) is 8.19. The van der Waals surface area contributed by atoms with Gasteiger partial charge in [-0.25, -0.2) is 4.99 Å². The quantitative estimate of drug-likeness (QED) is 0.230. The Balaban J connectivity index is 2.34. The summed E-state index contributed by atoms with van der Waals surface area (Å²) in [6, 6.07) is 4.94. The zero-order valence-electron chi connectivity index (χ0n) is 12.3. The Bertz CT molecular complexity index is 620. The summed E-state index contributed by atoms with van der Waals surface area (Å²) in [5, 5.41) is 22.8. The number of hydrogen-bond acceptors (Lipinski definition) is 6. The van der Waals surface area contributed by atoms with Gasteiger partial charge in [0.1, 0.15) is 5.69 Å². The molecular formula is C14H17N5O2S. The Morgan fingerprint density at radius 1 is 1.45 bits per heavy atom. The lowest BCUT2D eigenvalue weighted by molar-refractivity contribution is -0.384. The van der Waals surface area contributed by atoms with Crippen LogP contribution in [0.25, 0.3) is 0 Å². The second-order valence-corrected chi connectivity index (χ2v) is 5.63. The Kier molecular flexibility index (Phi) is 5.61. The van der Waals surface area contributed by atoms with Crippen molar-refractivity contribution in [1.82, 2.24) is 5.32 Å². The molecule has 0 saturated carbocycles. The van der Waals surface area contributed by atoms with Gasteiger partial charge in [-0.2, -0.15) is 5.26 Å². The van der Waals surface area contributed by atoms with Crippen molar-refractivity contribution in [1.29, 1.82) is 5.26 Å². The number of nitro groups is 1. The van der Waals surface area contributed by atoms with E-state index in [0.717, 1.165) is 25.9 Å². The number of rotatable bonds is 3. The number of hydrogen-bond donors (Lipinski definition) is 1. The van der Waals surface area contributed by atoms with Crippen molar-refractivity contribution < 1.29 is 4.92 Å². The Morgan fingerprint density at radius 3 is 2.77 bits per heavy atom. The number of thioether (sulfide) groups is 1. The van der Waals surface area contributed by atoms with E-state index in [-0.39, 0.29) is 10.6 Å². The van der Waals surface area contributed by atoms with E-state index in [1.807, 2.05) is 0 Å². The molecule has 1 aliphatic rings. The molecule has 8 heteroatoms. The maximum atomic E-state index is 11.4. The molecule has 7 nitrogen and oxygen atoms in total. The van der Waals surface area contributed by atoms with E-state index in [1.165, 1.54) is 24.2 Å². The molecule has 0 spiro atoms. The van der Waals surface area contributed by atoms with Gasteiger partial charge in [0, 0.05) is 19.2 Å². The normalized spacial score (nSPS) is 15.3. The van der Waals surface area contributed by atoms with E-state index in [1.54, 1.807) is 24.6 Å². The minimum atomic E-state index is -0.376. The summed E-state index contributed by atoms with van der Waals surface area (Å²) in [7, 11) is 0. The summed E-state index contributed by atoms with van der Waals surface area (Å²) in [6.07, 6.45) is 6.85. The Morgan fingerprint density at radius 2 is 2.18 bits per heavy atom. The monoisotopic (exact) mass is 319 g/mol. The third kappa shape index (κ3) is 3.89. The van der Waals surface area contributed by atoms with Crippen LogP contribution in [0.3, 0.4) is 0 Å². The molecule has 0 atom stereocenters. The number of benzene rings is 1. The molecule has 0 aromatic heterocycles. The maximum absolute atomic E-state index is 11.4. The Labute approximate surface area is 133 Å². The van der Waals surface area contributed by atoms with Crippen LogP contribution in [0.5, 0.6) is 0 Å². The molecule has 0 bridgehead atoms. The second-order valence-electron chi connectivity index (χ2n) is 4.84. The van der Waals surface area contributed by atoms with E-state index in [0.29, 0.717) is 16.5 Å². The number of nitro benzene ring substituents is 1. The number of nitrogens with one attached hydrogen (secondary N) is 1. The highest BCUT2D eigenvalue weighted by atomic mass is 32.2. The number of aliphatic imine (C=N–C) groups is 1. The molecule has 0 radical (unpaired) electrons. The zero-order chi connectivity index (χ0) is 15.9. The standard InChI is InChI=1S/C14H17N5O2S/c1-22-14(16-10-15)17-11-5-6-12(13(9-11)19(20)21)18-7-3-2-4-8-18/h5-6,9H,2-4,7-8H2,1H3,(H,16,17). The SMILES string of the molecule is CSC(=Nc1ccc(N2CCCCC2)c([N+](=O)[O-])c1)NC#N. The summed E-state index contributed by atoms with van der Waals surface area (Å²) in [5.41, 5.74) is 1.16. The van der Waals surface area contributed by atoms with Crippen LogP contribution in [0.2, 0.25) is 0 Å². The van der Waals surface area contributed by atoms with Crippen LogP contribution in [0, 0.1) is 21.6 Å². The third-order valence-corrected chi connectivity index (χ3v) is 4.02. The molecule has 1 aliphatic heterocycles. The second kappa shape index (κ2) is 7.66. The molecule has 1 N–H and O–H groups in total. The van der Waals surface area contributed by atoms with Crippen molar-refractivity contribution in [3.63, 3.8) is 0 Å². The molecule has 0 unspecified atom stereocenters. The van der Waals surface area contributed by atoms with Crippen LogP contribution in [-0.4, -0.2) is 29.4 Å². The average molecular weight is 319 g/mol.